The predicted octanol–water partition coefficient (Wildman–Crippen LogP) is 2.70. The molecule has 21 heavy (non-hydrogen) atoms. The summed E-state index contributed by atoms with van der Waals surface area (Å²) >= 11 is 0. The average Bonchev–Trinajstić information content (AvgIpc) is 2.46. The SMILES string of the molecule is C=C1OCCc2ccnc(CCc3ccc(N)nc3C)c21. The highest BCUT2D eigenvalue weighted by Gasteiger charge is 2.18. The van der Waals surface area contributed by atoms with E-state index >= 15 is 0 Å². The normalized spacial score (nSPS) is 13.7. The smallest absolute Gasteiger partial charge is 0.123 e. The molecule has 1 aliphatic heterocycles. The predicted molar refractivity (Wildman–Crippen MR) is 83.7 cm³/mol. The Morgan fingerprint density at radius 2 is 2.14 bits per heavy atom. The summed E-state index contributed by atoms with van der Waals surface area (Å²) in [6, 6.07) is 5.94. The number of aromatic nitrogens is 2. The molecular formula is C17H19N3O. The zero-order valence-corrected chi connectivity index (χ0v) is 12.2. The summed E-state index contributed by atoms with van der Waals surface area (Å²) in [5, 5.41) is 0. The van der Waals surface area contributed by atoms with E-state index in [4.69, 9.17) is 10.5 Å². The lowest BCUT2D eigenvalue weighted by atomic mass is 9.96. The quantitative estimate of drug-likeness (QED) is 0.939. The summed E-state index contributed by atoms with van der Waals surface area (Å²) in [6.45, 7) is 6.70. The van der Waals surface area contributed by atoms with Gasteiger partial charge >= 0.3 is 0 Å². The van der Waals surface area contributed by atoms with Gasteiger partial charge in [-0.25, -0.2) is 4.98 Å². The Labute approximate surface area is 124 Å². The summed E-state index contributed by atoms with van der Waals surface area (Å²) < 4.78 is 5.57. The molecule has 0 saturated heterocycles. The molecular weight excluding hydrogens is 262 g/mol. The fraction of sp³-hybridized carbons (Fsp3) is 0.294. The van der Waals surface area contributed by atoms with Crippen LogP contribution in [0, 0.1) is 6.92 Å². The van der Waals surface area contributed by atoms with E-state index in [2.05, 4.69) is 22.6 Å². The minimum absolute atomic E-state index is 0.563. The molecule has 2 aromatic heterocycles. The zero-order valence-electron chi connectivity index (χ0n) is 12.2. The molecule has 0 atom stereocenters. The van der Waals surface area contributed by atoms with Crippen molar-refractivity contribution >= 4 is 11.6 Å². The highest BCUT2D eigenvalue weighted by Crippen LogP contribution is 2.27. The Morgan fingerprint density at radius 1 is 1.29 bits per heavy atom. The molecule has 0 spiro atoms. The van der Waals surface area contributed by atoms with Gasteiger partial charge in [-0.05, 0) is 43.0 Å². The molecule has 3 rings (SSSR count). The maximum absolute atomic E-state index is 5.69. The number of pyridine rings is 2. The number of hydrogen-bond donors (Lipinski definition) is 1. The van der Waals surface area contributed by atoms with Crippen LogP contribution in [-0.2, 0) is 24.0 Å². The molecule has 0 saturated carbocycles. The van der Waals surface area contributed by atoms with E-state index in [1.165, 1.54) is 11.1 Å². The van der Waals surface area contributed by atoms with Crippen molar-refractivity contribution in [2.24, 2.45) is 0 Å². The lowest BCUT2D eigenvalue weighted by molar-refractivity contribution is 0.270. The van der Waals surface area contributed by atoms with Crippen molar-refractivity contribution in [1.29, 1.82) is 0 Å². The van der Waals surface area contributed by atoms with Crippen LogP contribution < -0.4 is 5.73 Å². The van der Waals surface area contributed by atoms with E-state index in [-0.39, 0.29) is 0 Å². The Bertz CT molecular complexity index is 694. The number of aryl methyl sites for hydroxylation is 3. The van der Waals surface area contributed by atoms with Crippen molar-refractivity contribution in [3.63, 3.8) is 0 Å². The molecule has 108 valence electrons. The van der Waals surface area contributed by atoms with Gasteiger partial charge in [-0.1, -0.05) is 12.6 Å². The number of hydrogen-bond acceptors (Lipinski definition) is 4. The first-order valence-corrected chi connectivity index (χ1v) is 7.16. The topological polar surface area (TPSA) is 61.0 Å². The lowest BCUT2D eigenvalue weighted by Gasteiger charge is -2.21. The maximum Gasteiger partial charge on any atom is 0.123 e. The van der Waals surface area contributed by atoms with Crippen LogP contribution in [0.1, 0.15) is 28.1 Å². The molecule has 4 heteroatoms. The van der Waals surface area contributed by atoms with Gasteiger partial charge in [0.05, 0.1) is 12.3 Å². The molecule has 0 radical (unpaired) electrons. The Kier molecular flexibility index (Phi) is 3.60. The molecule has 1 aliphatic rings. The number of ether oxygens (including phenoxy) is 1. The number of rotatable bonds is 3. The first kappa shape index (κ1) is 13.6. The summed E-state index contributed by atoms with van der Waals surface area (Å²) in [7, 11) is 0. The highest BCUT2D eigenvalue weighted by atomic mass is 16.5. The summed E-state index contributed by atoms with van der Waals surface area (Å²) in [5.41, 5.74) is 11.3. The summed E-state index contributed by atoms with van der Waals surface area (Å²) in [5.74, 6) is 1.31. The lowest BCUT2D eigenvalue weighted by Crippen LogP contribution is -2.13. The summed E-state index contributed by atoms with van der Waals surface area (Å²) in [6.07, 6.45) is 4.53. The van der Waals surface area contributed by atoms with Gasteiger partial charge in [0.15, 0.2) is 0 Å². The third kappa shape index (κ3) is 2.75. The standard InChI is InChI=1S/C17H19N3O/c1-11-13(4-6-16(18)20-11)3-5-15-17-12(2)21-10-8-14(17)7-9-19-15/h4,6-7,9H,2-3,5,8,10H2,1H3,(H2,18,20). The summed E-state index contributed by atoms with van der Waals surface area (Å²) in [4.78, 5) is 8.82. The van der Waals surface area contributed by atoms with E-state index in [0.717, 1.165) is 42.0 Å². The molecule has 2 aromatic rings. The van der Waals surface area contributed by atoms with Crippen LogP contribution in [0.4, 0.5) is 5.82 Å². The Balaban J connectivity index is 1.84. The Hall–Kier alpha value is -2.36. The number of anilines is 1. The minimum atomic E-state index is 0.563. The van der Waals surface area contributed by atoms with Crippen molar-refractivity contribution in [2.45, 2.75) is 26.2 Å². The molecule has 2 N–H and O–H groups in total. The molecule has 0 unspecified atom stereocenters. The zero-order chi connectivity index (χ0) is 14.8. The maximum atomic E-state index is 5.69. The van der Waals surface area contributed by atoms with Gasteiger partial charge in [0.1, 0.15) is 11.6 Å². The van der Waals surface area contributed by atoms with Crippen LogP contribution in [0.2, 0.25) is 0 Å². The van der Waals surface area contributed by atoms with Crippen molar-refractivity contribution in [3.8, 4) is 0 Å². The third-order valence-corrected chi connectivity index (χ3v) is 3.89. The van der Waals surface area contributed by atoms with Crippen LogP contribution in [0.5, 0.6) is 0 Å². The fourth-order valence-electron chi connectivity index (χ4n) is 2.77. The molecule has 0 bridgehead atoms. The number of nitrogens with two attached hydrogens (primary N) is 1. The highest BCUT2D eigenvalue weighted by molar-refractivity contribution is 5.64. The molecule has 4 nitrogen and oxygen atoms in total. The van der Waals surface area contributed by atoms with Crippen LogP contribution in [0.15, 0.2) is 31.0 Å². The average molecular weight is 281 g/mol. The molecule has 0 fully saturated rings. The van der Waals surface area contributed by atoms with E-state index < -0.39 is 0 Å². The van der Waals surface area contributed by atoms with Gasteiger partial charge in [0.2, 0.25) is 0 Å². The number of fused-ring (bicyclic) bond motifs is 1. The van der Waals surface area contributed by atoms with E-state index in [1.54, 1.807) is 0 Å². The van der Waals surface area contributed by atoms with Crippen molar-refractivity contribution in [2.75, 3.05) is 12.3 Å². The number of nitrogen functional groups attached to an aromatic ring is 1. The first-order valence-electron chi connectivity index (χ1n) is 7.16. The van der Waals surface area contributed by atoms with Crippen molar-refractivity contribution in [3.05, 3.63) is 59.1 Å². The van der Waals surface area contributed by atoms with E-state index in [9.17, 15) is 0 Å². The van der Waals surface area contributed by atoms with E-state index in [0.29, 0.717) is 12.4 Å². The van der Waals surface area contributed by atoms with Crippen LogP contribution in [0.3, 0.4) is 0 Å². The van der Waals surface area contributed by atoms with E-state index in [1.807, 2.05) is 25.3 Å². The largest absolute Gasteiger partial charge is 0.493 e. The minimum Gasteiger partial charge on any atom is -0.493 e. The van der Waals surface area contributed by atoms with Crippen molar-refractivity contribution in [1.82, 2.24) is 9.97 Å². The van der Waals surface area contributed by atoms with Crippen molar-refractivity contribution < 1.29 is 4.74 Å². The van der Waals surface area contributed by atoms with Crippen LogP contribution >= 0.6 is 0 Å². The van der Waals surface area contributed by atoms with Gasteiger partial charge in [0.25, 0.3) is 0 Å². The van der Waals surface area contributed by atoms with Gasteiger partial charge in [-0.2, -0.15) is 0 Å². The van der Waals surface area contributed by atoms with Gasteiger partial charge in [-0.15, -0.1) is 0 Å². The first-order chi connectivity index (χ1) is 10.1. The van der Waals surface area contributed by atoms with Gasteiger partial charge in [-0.3, -0.25) is 4.98 Å². The second kappa shape index (κ2) is 5.56. The Morgan fingerprint density at radius 3 is 2.95 bits per heavy atom. The number of nitrogens with zero attached hydrogens (tertiary/aromatic N) is 2. The molecule has 0 amide bonds. The monoisotopic (exact) mass is 281 g/mol. The van der Waals surface area contributed by atoms with Crippen LogP contribution in [0.25, 0.3) is 5.76 Å². The van der Waals surface area contributed by atoms with Gasteiger partial charge < -0.3 is 10.5 Å². The van der Waals surface area contributed by atoms with Crippen LogP contribution in [-0.4, -0.2) is 16.6 Å². The van der Waals surface area contributed by atoms with Gasteiger partial charge in [0, 0.05) is 23.9 Å². The fourth-order valence-corrected chi connectivity index (χ4v) is 2.77. The molecule has 0 aromatic carbocycles. The molecule has 3 heterocycles. The second-order valence-corrected chi connectivity index (χ2v) is 5.29. The third-order valence-electron chi connectivity index (χ3n) is 3.89. The second-order valence-electron chi connectivity index (χ2n) is 5.29. The molecule has 0 aliphatic carbocycles.